The Morgan fingerprint density at radius 2 is 1.50 bits per heavy atom. The van der Waals surface area contributed by atoms with Crippen molar-refractivity contribution in [1.82, 2.24) is 19.4 Å². The molecule has 0 unspecified atom stereocenters. The highest BCUT2D eigenvalue weighted by atomic mass is 35.5. The van der Waals surface area contributed by atoms with E-state index in [1.165, 1.54) is 28.9 Å². The molecule has 2 aliphatic heterocycles. The Labute approximate surface area is 366 Å². The molecule has 0 aromatic heterocycles. The fourth-order valence-electron chi connectivity index (χ4n) is 8.13. The van der Waals surface area contributed by atoms with Crippen LogP contribution in [0.25, 0.3) is 11.1 Å². The number of anilines is 2. The lowest BCUT2D eigenvalue weighted by molar-refractivity contribution is 0.0981. The predicted octanol–water partition coefficient (Wildman–Crippen LogP) is 8.75. The third-order valence-corrected chi connectivity index (χ3v) is 14.6. The van der Waals surface area contributed by atoms with Gasteiger partial charge in [-0.25, -0.2) is 13.1 Å². The first kappa shape index (κ1) is 43.7. The minimum atomic E-state index is -4.11. The number of thioether (sulfide) groups is 1. The molecule has 0 aliphatic carbocycles. The maximum Gasteiger partial charge on any atom is 0.264 e. The summed E-state index contributed by atoms with van der Waals surface area (Å²) in [4.78, 5) is 24.2. The van der Waals surface area contributed by atoms with Gasteiger partial charge in [0.05, 0.1) is 4.90 Å². The van der Waals surface area contributed by atoms with E-state index in [4.69, 9.17) is 11.6 Å². The monoisotopic (exact) mass is 864 g/mol. The van der Waals surface area contributed by atoms with Crippen LogP contribution >= 0.6 is 23.4 Å². The second-order valence-electron chi connectivity index (χ2n) is 16.2. The highest BCUT2D eigenvalue weighted by molar-refractivity contribution is 7.99. The number of hydrogen-bond donors (Lipinski definition) is 2. The summed E-state index contributed by atoms with van der Waals surface area (Å²) < 4.78 is 29.3. The van der Waals surface area contributed by atoms with Gasteiger partial charge >= 0.3 is 0 Å². The van der Waals surface area contributed by atoms with Crippen molar-refractivity contribution in [3.8, 4) is 11.1 Å². The number of carbonyl (C=O) groups is 1. The lowest BCUT2D eigenvalue weighted by atomic mass is 9.99. The van der Waals surface area contributed by atoms with Crippen molar-refractivity contribution in [2.75, 3.05) is 75.9 Å². The molecule has 12 heteroatoms. The Bertz CT molecular complexity index is 2280. The minimum Gasteiger partial charge on any atom is -0.381 e. The van der Waals surface area contributed by atoms with Crippen LogP contribution in [0.3, 0.4) is 0 Å². The molecule has 0 radical (unpaired) electrons. The summed E-state index contributed by atoms with van der Waals surface area (Å²) in [7, 11) is 0.231. The van der Waals surface area contributed by atoms with Crippen LogP contribution in [0, 0.1) is 6.92 Å². The van der Waals surface area contributed by atoms with Gasteiger partial charge in [-0.1, -0.05) is 66.2 Å². The average Bonchev–Trinajstić information content (AvgIpc) is 3.26. The minimum absolute atomic E-state index is 0.0585. The number of amides is 1. The van der Waals surface area contributed by atoms with Crippen LogP contribution in [0.15, 0.2) is 131 Å². The first-order valence-corrected chi connectivity index (χ1v) is 23.8. The van der Waals surface area contributed by atoms with Crippen molar-refractivity contribution >= 4 is 50.7 Å². The normalized spacial score (nSPS) is 16.2. The molecular formula is C48H57ClN6O3S2. The highest BCUT2D eigenvalue weighted by Crippen LogP contribution is 2.28. The van der Waals surface area contributed by atoms with Crippen molar-refractivity contribution < 1.29 is 13.2 Å². The molecule has 2 N–H and O–H groups in total. The number of carbonyl (C=O) groups excluding carboxylic acids is 1. The van der Waals surface area contributed by atoms with Crippen LogP contribution < -0.4 is 14.9 Å². The molecule has 1 atom stereocenters. The largest absolute Gasteiger partial charge is 0.381 e. The van der Waals surface area contributed by atoms with Crippen LogP contribution in [0.4, 0.5) is 11.4 Å². The summed E-state index contributed by atoms with van der Waals surface area (Å²) in [6, 6.07) is 40.0. The number of piperidine rings is 1. The zero-order chi connectivity index (χ0) is 42.1. The molecule has 7 rings (SSSR count). The molecular weight excluding hydrogens is 808 g/mol. The predicted molar refractivity (Wildman–Crippen MR) is 249 cm³/mol. The van der Waals surface area contributed by atoms with Gasteiger partial charge in [0, 0.05) is 84.0 Å². The Morgan fingerprint density at radius 1 is 0.817 bits per heavy atom. The molecule has 2 heterocycles. The van der Waals surface area contributed by atoms with Gasteiger partial charge in [0.1, 0.15) is 0 Å². The molecule has 2 fully saturated rings. The Morgan fingerprint density at radius 3 is 2.18 bits per heavy atom. The van der Waals surface area contributed by atoms with E-state index in [1.807, 2.05) is 55.1 Å². The maximum absolute atomic E-state index is 13.5. The van der Waals surface area contributed by atoms with Gasteiger partial charge < -0.3 is 20.0 Å². The molecule has 0 saturated carbocycles. The topological polar surface area (TPSA) is 88.2 Å². The Kier molecular flexibility index (Phi) is 14.9. The quantitative estimate of drug-likeness (QED) is 0.0947. The zero-order valence-electron chi connectivity index (χ0n) is 34.9. The number of sulfonamides is 1. The Hall–Kier alpha value is -4.36. The van der Waals surface area contributed by atoms with E-state index in [0.717, 1.165) is 92.1 Å². The zero-order valence-corrected chi connectivity index (χ0v) is 37.3. The van der Waals surface area contributed by atoms with Crippen LogP contribution in [0.1, 0.15) is 40.7 Å². The van der Waals surface area contributed by atoms with Gasteiger partial charge in [-0.2, -0.15) is 0 Å². The maximum atomic E-state index is 13.5. The van der Waals surface area contributed by atoms with Gasteiger partial charge in [-0.15, -0.1) is 11.8 Å². The number of hydrogen-bond acceptors (Lipinski definition) is 9. The van der Waals surface area contributed by atoms with E-state index >= 15 is 0 Å². The number of likely N-dealkylation sites (tertiary alicyclic amines) is 1. The number of nitrogens with one attached hydrogen (secondary N) is 2. The lowest BCUT2D eigenvalue weighted by Gasteiger charge is -2.36. The second-order valence-corrected chi connectivity index (χ2v) is 19.4. The molecule has 0 bridgehead atoms. The summed E-state index contributed by atoms with van der Waals surface area (Å²) in [6.45, 7) is 9.45. The number of nitrogens with zero attached hydrogens (tertiary/aromatic N) is 4. The summed E-state index contributed by atoms with van der Waals surface area (Å²) in [5.74, 6) is 0.224. The van der Waals surface area contributed by atoms with Gasteiger partial charge in [0.25, 0.3) is 15.9 Å². The number of aryl methyl sites for hydroxylation is 1. The summed E-state index contributed by atoms with van der Waals surface area (Å²) in [6.07, 6.45) is 3.34. The first-order chi connectivity index (χ1) is 29.0. The van der Waals surface area contributed by atoms with E-state index in [0.29, 0.717) is 11.6 Å². The average molecular weight is 866 g/mol. The SMILES string of the molecule is Cc1cc(S(=O)(=O)NC(=O)c2ccc(N3CCN(Cc4ccccc4-c4ccc(Cl)cc4)CC3)cc2)ccc1N[C@H](CCN1CCC(N(C)C)CC1)CSc1ccccc1. The summed E-state index contributed by atoms with van der Waals surface area (Å²) in [5, 5.41) is 4.46. The first-order valence-electron chi connectivity index (χ1n) is 20.9. The van der Waals surface area contributed by atoms with Gasteiger partial charge in [0.2, 0.25) is 0 Å². The molecule has 316 valence electrons. The molecule has 60 heavy (non-hydrogen) atoms. The lowest BCUT2D eigenvalue weighted by Crippen LogP contribution is -2.46. The number of halogens is 1. The van der Waals surface area contributed by atoms with Crippen LogP contribution in [0.5, 0.6) is 0 Å². The Balaban J connectivity index is 0.923. The van der Waals surface area contributed by atoms with Crippen molar-refractivity contribution in [1.29, 1.82) is 0 Å². The van der Waals surface area contributed by atoms with Crippen LogP contribution in [0.2, 0.25) is 5.02 Å². The highest BCUT2D eigenvalue weighted by Gasteiger charge is 2.24. The summed E-state index contributed by atoms with van der Waals surface area (Å²) >= 11 is 7.97. The molecule has 5 aromatic carbocycles. The van der Waals surface area contributed by atoms with E-state index in [9.17, 15) is 13.2 Å². The van der Waals surface area contributed by atoms with Crippen LogP contribution in [-0.2, 0) is 16.6 Å². The smallest absolute Gasteiger partial charge is 0.264 e. The molecule has 0 spiro atoms. The summed E-state index contributed by atoms with van der Waals surface area (Å²) in [5.41, 5.74) is 6.64. The third kappa shape index (κ3) is 11.7. The van der Waals surface area contributed by atoms with Gasteiger partial charge in [-0.05, 0) is 142 Å². The number of benzene rings is 5. The van der Waals surface area contributed by atoms with Crippen molar-refractivity contribution in [3.05, 3.63) is 143 Å². The molecule has 2 saturated heterocycles. The molecule has 1 amide bonds. The molecule has 2 aliphatic rings. The molecule has 9 nitrogen and oxygen atoms in total. The van der Waals surface area contributed by atoms with E-state index in [-0.39, 0.29) is 10.9 Å². The van der Waals surface area contributed by atoms with Crippen molar-refractivity contribution in [3.63, 3.8) is 0 Å². The van der Waals surface area contributed by atoms with E-state index in [2.05, 4.69) is 104 Å². The second kappa shape index (κ2) is 20.5. The van der Waals surface area contributed by atoms with Crippen molar-refractivity contribution in [2.45, 2.75) is 54.6 Å². The van der Waals surface area contributed by atoms with E-state index < -0.39 is 15.9 Å². The third-order valence-electron chi connectivity index (χ3n) is 11.8. The molecule has 5 aromatic rings. The standard InChI is InChI=1S/C48H57ClN6O3S2/c1-36-33-45(21-22-47(36)50-41(35-59-44-10-5-4-6-11-44)23-26-53-27-24-42(25-28-53)52(2)3)60(57,58)51-48(56)38-15-19-43(20-16-38)55-31-29-54(30-32-55)34-39-9-7-8-12-46(39)37-13-17-40(49)18-14-37/h4-22,33,41-42,50H,23-32,34-35H2,1-3H3,(H,51,56)/t41-/m1/s1. The van der Waals surface area contributed by atoms with Gasteiger partial charge in [0.15, 0.2) is 0 Å². The van der Waals surface area contributed by atoms with E-state index in [1.54, 1.807) is 24.3 Å². The number of rotatable bonds is 16. The fourth-order valence-corrected chi connectivity index (χ4v) is 10.3. The number of piperazine rings is 1. The van der Waals surface area contributed by atoms with Crippen LogP contribution in [-0.4, -0.2) is 107 Å². The fraction of sp³-hybridized carbons (Fsp3) is 0.354. The van der Waals surface area contributed by atoms with Gasteiger partial charge in [-0.3, -0.25) is 9.69 Å². The van der Waals surface area contributed by atoms with Crippen molar-refractivity contribution in [2.24, 2.45) is 0 Å².